The minimum absolute atomic E-state index is 0.234. The van der Waals surface area contributed by atoms with Crippen molar-refractivity contribution in [1.82, 2.24) is 4.72 Å². The summed E-state index contributed by atoms with van der Waals surface area (Å²) in [7, 11) is -3.53. The lowest BCUT2D eigenvalue weighted by molar-refractivity contribution is 0.589. The van der Waals surface area contributed by atoms with Gasteiger partial charge in [0.1, 0.15) is 0 Å². The van der Waals surface area contributed by atoms with E-state index in [2.05, 4.69) is 4.72 Å². The zero-order valence-corrected chi connectivity index (χ0v) is 10.6. The molecule has 0 bridgehead atoms. The molecule has 0 saturated carbocycles. The molecular weight excluding hydrogens is 254 g/mol. The van der Waals surface area contributed by atoms with Gasteiger partial charge in [-0.3, -0.25) is 4.72 Å². The van der Waals surface area contributed by atoms with Gasteiger partial charge < -0.3 is 0 Å². The summed E-state index contributed by atoms with van der Waals surface area (Å²) in [6, 6.07) is 8.23. The average molecular weight is 265 g/mol. The van der Waals surface area contributed by atoms with Gasteiger partial charge in [0.25, 0.3) is 10.0 Å². The molecule has 0 heterocycles. The largest absolute Gasteiger partial charge is 0.278 e. The van der Waals surface area contributed by atoms with Crippen molar-refractivity contribution in [3.63, 3.8) is 0 Å². The van der Waals surface area contributed by atoms with E-state index >= 15 is 0 Å². The zero-order valence-electron chi connectivity index (χ0n) is 8.96. The monoisotopic (exact) mass is 265 g/mol. The van der Waals surface area contributed by atoms with Crippen LogP contribution >= 0.6 is 12.2 Å². The Morgan fingerprint density at radius 1 is 1.18 bits per heavy atom. The summed E-state index contributed by atoms with van der Waals surface area (Å²) < 4.78 is 26.5. The number of nitrogens with one attached hydrogen (secondary N) is 1. The van der Waals surface area contributed by atoms with Gasteiger partial charge in [0.2, 0.25) is 0 Å². The number of hydrogen-bond donors (Lipinski definition) is 1. The highest BCUT2D eigenvalue weighted by Gasteiger charge is 2.17. The van der Waals surface area contributed by atoms with Crippen LogP contribution in [0.5, 0.6) is 0 Å². The Hall–Kier alpha value is -1.46. The van der Waals surface area contributed by atoms with Crippen LogP contribution in [0.2, 0.25) is 0 Å². The maximum absolute atomic E-state index is 12.0. The van der Waals surface area contributed by atoms with Crippen LogP contribution in [0.3, 0.4) is 0 Å². The predicted molar refractivity (Wildman–Crippen MR) is 71.2 cm³/mol. The quantitative estimate of drug-likeness (QED) is 0.852. The highest BCUT2D eigenvalue weighted by molar-refractivity contribution is 7.89. The third-order valence-electron chi connectivity index (χ3n) is 2.30. The van der Waals surface area contributed by atoms with Gasteiger partial charge in [-0.25, -0.2) is 8.42 Å². The maximum Gasteiger partial charge on any atom is 0.261 e. The standard InChI is InChI=1S/C12H11NO2S2/c14-17(15,10-6-2-1-3-7-10)13-11-8-4-5-9-12(11)16/h1-8,13H,9H2. The van der Waals surface area contributed by atoms with E-state index in [-0.39, 0.29) is 4.90 Å². The Morgan fingerprint density at radius 3 is 2.53 bits per heavy atom. The van der Waals surface area contributed by atoms with Crippen molar-refractivity contribution < 1.29 is 8.42 Å². The van der Waals surface area contributed by atoms with Crippen molar-refractivity contribution in [2.45, 2.75) is 11.3 Å². The lowest BCUT2D eigenvalue weighted by atomic mass is 10.1. The van der Waals surface area contributed by atoms with E-state index in [1.54, 1.807) is 42.5 Å². The van der Waals surface area contributed by atoms with Crippen LogP contribution in [0.1, 0.15) is 6.42 Å². The van der Waals surface area contributed by atoms with E-state index < -0.39 is 10.0 Å². The highest BCUT2D eigenvalue weighted by atomic mass is 32.2. The van der Waals surface area contributed by atoms with E-state index in [4.69, 9.17) is 12.2 Å². The van der Waals surface area contributed by atoms with Gasteiger partial charge in [0.15, 0.2) is 0 Å². The van der Waals surface area contributed by atoms with Gasteiger partial charge in [-0.15, -0.1) is 0 Å². The fourth-order valence-corrected chi connectivity index (χ4v) is 2.83. The van der Waals surface area contributed by atoms with Crippen LogP contribution < -0.4 is 4.72 Å². The molecule has 0 aromatic heterocycles. The Balaban J connectivity index is 2.27. The van der Waals surface area contributed by atoms with Gasteiger partial charge in [0.05, 0.1) is 10.6 Å². The molecule has 0 radical (unpaired) electrons. The van der Waals surface area contributed by atoms with Gasteiger partial charge in [-0.2, -0.15) is 0 Å². The molecule has 1 aromatic rings. The third kappa shape index (κ3) is 2.81. The van der Waals surface area contributed by atoms with Crippen LogP contribution in [0, 0.1) is 0 Å². The first-order valence-corrected chi connectivity index (χ1v) is 6.96. The van der Waals surface area contributed by atoms with Crippen LogP contribution in [0.25, 0.3) is 0 Å². The molecule has 17 heavy (non-hydrogen) atoms. The van der Waals surface area contributed by atoms with Gasteiger partial charge in [0, 0.05) is 11.3 Å². The molecule has 1 aromatic carbocycles. The third-order valence-corrected chi connectivity index (χ3v) is 4.07. The van der Waals surface area contributed by atoms with Crippen LogP contribution in [-0.4, -0.2) is 13.3 Å². The summed E-state index contributed by atoms with van der Waals surface area (Å²) in [6.45, 7) is 0. The van der Waals surface area contributed by atoms with Crippen molar-refractivity contribution in [3.05, 3.63) is 54.3 Å². The topological polar surface area (TPSA) is 46.2 Å². The average Bonchev–Trinajstić information content (AvgIpc) is 2.33. The zero-order chi connectivity index (χ0) is 12.3. The van der Waals surface area contributed by atoms with Crippen molar-refractivity contribution in [2.24, 2.45) is 0 Å². The highest BCUT2D eigenvalue weighted by Crippen LogP contribution is 2.13. The van der Waals surface area contributed by atoms with E-state index in [1.165, 1.54) is 0 Å². The normalized spacial score (nSPS) is 15.5. The number of benzene rings is 1. The molecule has 1 aliphatic carbocycles. The Labute approximate surface area is 106 Å². The lowest BCUT2D eigenvalue weighted by Gasteiger charge is -2.13. The maximum atomic E-state index is 12.0. The second-order valence-corrected chi connectivity index (χ2v) is 5.73. The molecule has 3 nitrogen and oxygen atoms in total. The molecule has 0 saturated heterocycles. The first-order valence-electron chi connectivity index (χ1n) is 5.07. The minimum Gasteiger partial charge on any atom is -0.278 e. The number of thiocarbonyl (C=S) groups is 1. The summed E-state index contributed by atoms with van der Waals surface area (Å²) in [5.74, 6) is 0. The molecule has 2 rings (SSSR count). The molecule has 0 atom stereocenters. The lowest BCUT2D eigenvalue weighted by Crippen LogP contribution is -2.27. The second kappa shape index (κ2) is 4.81. The fraction of sp³-hybridized carbons (Fsp3) is 0.0833. The van der Waals surface area contributed by atoms with Crippen LogP contribution in [0.15, 0.2) is 59.2 Å². The van der Waals surface area contributed by atoms with Crippen molar-refractivity contribution in [2.75, 3.05) is 0 Å². The van der Waals surface area contributed by atoms with Crippen LogP contribution in [0.4, 0.5) is 0 Å². The molecule has 88 valence electrons. The van der Waals surface area contributed by atoms with E-state index in [9.17, 15) is 8.42 Å². The summed E-state index contributed by atoms with van der Waals surface area (Å²) in [6.07, 6.45) is 5.95. The first-order chi connectivity index (χ1) is 8.09. The van der Waals surface area contributed by atoms with Gasteiger partial charge in [-0.05, 0) is 18.2 Å². The summed E-state index contributed by atoms with van der Waals surface area (Å²) >= 11 is 5.10. The van der Waals surface area contributed by atoms with Gasteiger partial charge >= 0.3 is 0 Å². The molecule has 0 fully saturated rings. The molecule has 0 spiro atoms. The Morgan fingerprint density at radius 2 is 1.88 bits per heavy atom. The molecule has 5 heteroatoms. The van der Waals surface area contributed by atoms with Crippen molar-refractivity contribution in [3.8, 4) is 0 Å². The first kappa shape index (κ1) is 12.0. The van der Waals surface area contributed by atoms with E-state index in [1.807, 2.05) is 6.08 Å². The number of allylic oxidation sites excluding steroid dienone is 4. The molecule has 0 aliphatic heterocycles. The molecule has 1 aliphatic rings. The van der Waals surface area contributed by atoms with Crippen molar-refractivity contribution in [1.29, 1.82) is 0 Å². The van der Waals surface area contributed by atoms with Crippen LogP contribution in [-0.2, 0) is 10.0 Å². The number of sulfonamides is 1. The molecule has 0 amide bonds. The fourth-order valence-electron chi connectivity index (χ4n) is 1.44. The summed E-state index contributed by atoms with van der Waals surface area (Å²) in [5, 5.41) is 0. The summed E-state index contributed by atoms with van der Waals surface area (Å²) in [5.41, 5.74) is 0.478. The van der Waals surface area contributed by atoms with E-state index in [0.717, 1.165) is 0 Å². The second-order valence-electron chi connectivity index (χ2n) is 3.55. The van der Waals surface area contributed by atoms with E-state index in [0.29, 0.717) is 17.0 Å². The van der Waals surface area contributed by atoms with Gasteiger partial charge in [-0.1, -0.05) is 42.6 Å². The number of rotatable bonds is 3. The SMILES string of the molecule is O=S(=O)(NC1=CC=CCC1=S)c1ccccc1. The Bertz CT molecular complexity index is 586. The smallest absolute Gasteiger partial charge is 0.261 e. The molecular formula is C12H11NO2S2. The Kier molecular flexibility index (Phi) is 3.40. The molecule has 1 N–H and O–H groups in total. The number of hydrogen-bond acceptors (Lipinski definition) is 3. The predicted octanol–water partition coefficient (Wildman–Crippen LogP) is 2.18. The molecule has 0 unspecified atom stereocenters. The summed E-state index contributed by atoms with van der Waals surface area (Å²) in [4.78, 5) is 0.838. The van der Waals surface area contributed by atoms with Crippen molar-refractivity contribution >= 4 is 27.1 Å². The minimum atomic E-state index is -3.53.